The lowest BCUT2D eigenvalue weighted by molar-refractivity contribution is -0.126. The SMILES string of the molecule is COCCOCC(=O)NCc1sccc1C#CCO. The van der Waals surface area contributed by atoms with E-state index in [1.807, 2.05) is 11.4 Å². The minimum atomic E-state index is -0.175. The van der Waals surface area contributed by atoms with Crippen molar-refractivity contribution in [3.05, 3.63) is 21.9 Å². The highest BCUT2D eigenvalue weighted by molar-refractivity contribution is 7.10. The summed E-state index contributed by atoms with van der Waals surface area (Å²) >= 11 is 1.51. The Morgan fingerprint density at radius 1 is 1.53 bits per heavy atom. The van der Waals surface area contributed by atoms with Crippen LogP contribution in [0.5, 0.6) is 0 Å². The molecule has 1 rings (SSSR count). The van der Waals surface area contributed by atoms with Crippen LogP contribution in [0.2, 0.25) is 0 Å². The number of ether oxygens (including phenoxy) is 2. The molecule has 19 heavy (non-hydrogen) atoms. The highest BCUT2D eigenvalue weighted by Gasteiger charge is 2.05. The smallest absolute Gasteiger partial charge is 0.246 e. The topological polar surface area (TPSA) is 67.8 Å². The van der Waals surface area contributed by atoms with Gasteiger partial charge in [-0.1, -0.05) is 11.8 Å². The molecule has 0 saturated heterocycles. The molecule has 1 aromatic rings. The van der Waals surface area contributed by atoms with Crippen molar-refractivity contribution in [3.8, 4) is 11.8 Å². The monoisotopic (exact) mass is 283 g/mol. The van der Waals surface area contributed by atoms with Crippen LogP contribution in [-0.4, -0.2) is 44.6 Å². The van der Waals surface area contributed by atoms with Crippen molar-refractivity contribution in [1.82, 2.24) is 5.32 Å². The summed E-state index contributed by atoms with van der Waals surface area (Å²) in [5, 5.41) is 13.3. The Hall–Kier alpha value is -1.39. The molecule has 2 N–H and O–H groups in total. The standard InChI is InChI=1S/C13H17NO4S/c1-17-6-7-18-10-13(16)14-9-12-11(3-2-5-15)4-8-19-12/h4,8,15H,5-7,9-10H2,1H3,(H,14,16). The van der Waals surface area contributed by atoms with E-state index < -0.39 is 0 Å². The number of carbonyl (C=O) groups excluding carboxylic acids is 1. The minimum Gasteiger partial charge on any atom is -0.384 e. The van der Waals surface area contributed by atoms with Gasteiger partial charge in [0.05, 0.1) is 19.8 Å². The van der Waals surface area contributed by atoms with Gasteiger partial charge in [0.2, 0.25) is 5.91 Å². The zero-order chi connectivity index (χ0) is 13.9. The molecule has 0 spiro atoms. The number of carbonyl (C=O) groups is 1. The first-order valence-electron chi connectivity index (χ1n) is 5.77. The van der Waals surface area contributed by atoms with Gasteiger partial charge in [0, 0.05) is 17.6 Å². The molecule has 1 heterocycles. The Morgan fingerprint density at radius 3 is 3.11 bits per heavy atom. The highest BCUT2D eigenvalue weighted by atomic mass is 32.1. The van der Waals surface area contributed by atoms with Crippen LogP contribution in [0.3, 0.4) is 0 Å². The zero-order valence-corrected chi connectivity index (χ0v) is 11.6. The number of amides is 1. The second-order valence-corrected chi connectivity index (χ2v) is 4.54. The second-order valence-electron chi connectivity index (χ2n) is 3.54. The lowest BCUT2D eigenvalue weighted by Crippen LogP contribution is -2.27. The van der Waals surface area contributed by atoms with E-state index in [-0.39, 0.29) is 19.1 Å². The summed E-state index contributed by atoms with van der Waals surface area (Å²) < 4.78 is 9.91. The van der Waals surface area contributed by atoms with E-state index in [0.29, 0.717) is 19.8 Å². The third-order valence-corrected chi connectivity index (χ3v) is 3.08. The summed E-state index contributed by atoms with van der Waals surface area (Å²) in [5.41, 5.74) is 0.833. The van der Waals surface area contributed by atoms with Crippen LogP contribution >= 0.6 is 11.3 Å². The van der Waals surface area contributed by atoms with E-state index in [0.717, 1.165) is 10.4 Å². The van der Waals surface area contributed by atoms with Crippen molar-refractivity contribution in [1.29, 1.82) is 0 Å². The number of methoxy groups -OCH3 is 1. The van der Waals surface area contributed by atoms with E-state index >= 15 is 0 Å². The van der Waals surface area contributed by atoms with Gasteiger partial charge in [-0.25, -0.2) is 0 Å². The average Bonchev–Trinajstić information content (AvgIpc) is 2.86. The van der Waals surface area contributed by atoms with Gasteiger partial charge in [-0.05, 0) is 11.4 Å². The molecule has 0 unspecified atom stereocenters. The quantitative estimate of drug-likeness (QED) is 0.560. The van der Waals surface area contributed by atoms with Gasteiger partial charge in [-0.15, -0.1) is 11.3 Å². The molecule has 0 aromatic carbocycles. The zero-order valence-electron chi connectivity index (χ0n) is 10.8. The van der Waals surface area contributed by atoms with Gasteiger partial charge in [-0.2, -0.15) is 0 Å². The van der Waals surface area contributed by atoms with Crippen molar-refractivity contribution >= 4 is 17.2 Å². The molecule has 5 nitrogen and oxygen atoms in total. The van der Waals surface area contributed by atoms with Gasteiger partial charge in [-0.3, -0.25) is 4.79 Å². The van der Waals surface area contributed by atoms with E-state index in [4.69, 9.17) is 14.6 Å². The molecule has 104 valence electrons. The summed E-state index contributed by atoms with van der Waals surface area (Å²) in [4.78, 5) is 12.4. The summed E-state index contributed by atoms with van der Waals surface area (Å²) in [5.74, 6) is 5.25. The summed E-state index contributed by atoms with van der Waals surface area (Å²) in [6.45, 7) is 1.14. The predicted octanol–water partition coefficient (Wildman–Crippen LogP) is 0.371. The maximum absolute atomic E-state index is 11.5. The van der Waals surface area contributed by atoms with Gasteiger partial charge in [0.25, 0.3) is 0 Å². The number of hydrogen-bond donors (Lipinski definition) is 2. The first-order chi connectivity index (χ1) is 9.27. The number of hydrogen-bond acceptors (Lipinski definition) is 5. The van der Waals surface area contributed by atoms with Crippen LogP contribution in [0, 0.1) is 11.8 Å². The minimum absolute atomic E-state index is 0.0202. The maximum Gasteiger partial charge on any atom is 0.246 e. The first-order valence-corrected chi connectivity index (χ1v) is 6.65. The molecule has 0 atom stereocenters. The molecule has 0 saturated carbocycles. The average molecular weight is 283 g/mol. The normalized spacial score (nSPS) is 9.79. The van der Waals surface area contributed by atoms with Gasteiger partial charge in [0.15, 0.2) is 0 Å². The van der Waals surface area contributed by atoms with Crippen molar-refractivity contribution in [2.24, 2.45) is 0 Å². The Morgan fingerprint density at radius 2 is 2.37 bits per heavy atom. The lowest BCUT2D eigenvalue weighted by Gasteiger charge is -2.05. The Labute approximate surface area is 116 Å². The van der Waals surface area contributed by atoms with Crippen LogP contribution in [0.1, 0.15) is 10.4 Å². The predicted molar refractivity (Wildman–Crippen MR) is 72.8 cm³/mol. The lowest BCUT2D eigenvalue weighted by atomic mass is 10.2. The Kier molecular flexibility index (Phi) is 7.86. The molecule has 6 heteroatoms. The fourth-order valence-corrected chi connectivity index (χ4v) is 2.03. The number of aliphatic hydroxyl groups is 1. The first kappa shape index (κ1) is 15.7. The number of aliphatic hydroxyl groups excluding tert-OH is 1. The van der Waals surface area contributed by atoms with Crippen LogP contribution in [0.15, 0.2) is 11.4 Å². The molecule has 0 bridgehead atoms. The summed E-state index contributed by atoms with van der Waals surface area (Å²) in [7, 11) is 1.58. The van der Waals surface area contributed by atoms with Crippen molar-refractivity contribution in [3.63, 3.8) is 0 Å². The van der Waals surface area contributed by atoms with E-state index in [1.165, 1.54) is 11.3 Å². The van der Waals surface area contributed by atoms with E-state index in [9.17, 15) is 4.79 Å². The fraction of sp³-hybridized carbons (Fsp3) is 0.462. The summed E-state index contributed by atoms with van der Waals surface area (Å²) in [6.07, 6.45) is 0. The molecule has 0 aliphatic rings. The van der Waals surface area contributed by atoms with Crippen LogP contribution in [0.25, 0.3) is 0 Å². The molecule has 1 amide bonds. The van der Waals surface area contributed by atoms with E-state index in [2.05, 4.69) is 17.2 Å². The van der Waals surface area contributed by atoms with Gasteiger partial charge < -0.3 is 19.9 Å². The largest absolute Gasteiger partial charge is 0.384 e. The molecule has 0 radical (unpaired) electrons. The fourth-order valence-electron chi connectivity index (χ4n) is 1.26. The van der Waals surface area contributed by atoms with Crippen LogP contribution < -0.4 is 5.32 Å². The highest BCUT2D eigenvalue weighted by Crippen LogP contribution is 2.15. The van der Waals surface area contributed by atoms with Crippen LogP contribution in [-0.2, 0) is 20.8 Å². The van der Waals surface area contributed by atoms with Gasteiger partial charge in [0.1, 0.15) is 13.2 Å². The number of thiophene rings is 1. The molecule has 0 aliphatic heterocycles. The second kappa shape index (κ2) is 9.53. The van der Waals surface area contributed by atoms with Crippen LogP contribution in [0.4, 0.5) is 0 Å². The maximum atomic E-state index is 11.5. The number of nitrogens with one attached hydrogen (secondary N) is 1. The van der Waals surface area contributed by atoms with Gasteiger partial charge >= 0.3 is 0 Å². The summed E-state index contributed by atoms with van der Waals surface area (Å²) in [6, 6.07) is 1.86. The molecular weight excluding hydrogens is 266 g/mol. The molecular formula is C13H17NO4S. The van der Waals surface area contributed by atoms with E-state index in [1.54, 1.807) is 7.11 Å². The number of rotatable bonds is 7. The third-order valence-electron chi connectivity index (χ3n) is 2.16. The van der Waals surface area contributed by atoms with Crippen molar-refractivity contribution in [2.75, 3.05) is 33.5 Å². The van der Waals surface area contributed by atoms with Crippen molar-refractivity contribution in [2.45, 2.75) is 6.54 Å². The molecule has 0 fully saturated rings. The Balaban J connectivity index is 2.32. The Bertz CT molecular complexity index is 447. The molecule has 1 aromatic heterocycles. The van der Waals surface area contributed by atoms with Crippen molar-refractivity contribution < 1.29 is 19.4 Å². The molecule has 0 aliphatic carbocycles. The third kappa shape index (κ3) is 6.36.